The van der Waals surface area contributed by atoms with Gasteiger partial charge in [-0.25, -0.2) is 4.57 Å². The fourth-order valence-electron chi connectivity index (χ4n) is 9.99. The van der Waals surface area contributed by atoms with Crippen molar-refractivity contribution in [3.05, 3.63) is 12.2 Å². The number of nitrogens with one attached hydrogen (secondary N) is 1. The second-order valence-corrected chi connectivity index (χ2v) is 25.0. The number of quaternary nitrogens is 1. The Hall–Kier alpha value is -0.760. The van der Waals surface area contributed by atoms with Crippen molar-refractivity contribution in [3.8, 4) is 0 Å². The summed E-state index contributed by atoms with van der Waals surface area (Å²) in [6.45, 7) is 4.95. The minimum Gasteiger partial charge on any atom is -0.391 e. The summed E-state index contributed by atoms with van der Waals surface area (Å²) in [6.07, 6.45) is 68.6. The average molecular weight is 1040 g/mol. The molecule has 0 aromatic heterocycles. The highest BCUT2D eigenvalue weighted by molar-refractivity contribution is 7.47. The largest absolute Gasteiger partial charge is 0.472 e. The van der Waals surface area contributed by atoms with Crippen LogP contribution in [0, 0.1) is 0 Å². The van der Waals surface area contributed by atoms with E-state index in [4.69, 9.17) is 9.05 Å². The molecular weight excluding hydrogens is 912 g/mol. The van der Waals surface area contributed by atoms with E-state index in [1.54, 1.807) is 0 Å². The number of nitrogens with zero attached hydrogens (tertiary/aromatic N) is 1. The number of phosphoric acid groups is 1. The first-order chi connectivity index (χ1) is 35.0. The van der Waals surface area contributed by atoms with E-state index in [0.717, 1.165) is 38.5 Å². The summed E-state index contributed by atoms with van der Waals surface area (Å²) in [5.41, 5.74) is 0. The van der Waals surface area contributed by atoms with Crippen molar-refractivity contribution >= 4 is 13.7 Å². The van der Waals surface area contributed by atoms with Crippen molar-refractivity contribution in [1.29, 1.82) is 0 Å². The standard InChI is InChI=1S/C63H127N2O6P/c1-6-8-10-12-14-16-18-20-22-24-26-27-28-29-30-31-32-33-34-35-36-37-39-41-43-45-47-49-51-53-55-57-63(67)64-61(60-71-72(68,69)70-59-58-65(3,4)5)62(66)56-54-52-50-48-46-44-42-40-38-25-23-21-19-17-15-13-11-9-7-2/h29-30,61-62,66H,6-28,31-60H2,1-5H3,(H-,64,67,68,69)/p+1/b30-29-. The zero-order valence-electron chi connectivity index (χ0n) is 49.2. The molecule has 8 nitrogen and oxygen atoms in total. The first kappa shape index (κ1) is 71.2. The van der Waals surface area contributed by atoms with Crippen molar-refractivity contribution in [3.63, 3.8) is 0 Å². The lowest BCUT2D eigenvalue weighted by molar-refractivity contribution is -0.870. The van der Waals surface area contributed by atoms with E-state index in [-0.39, 0.29) is 19.1 Å². The first-order valence-corrected chi connectivity index (χ1v) is 33.5. The number of allylic oxidation sites excluding steroid dienone is 2. The number of aliphatic hydroxyl groups excluding tert-OH is 1. The Morgan fingerprint density at radius 2 is 0.750 bits per heavy atom. The molecule has 0 aromatic carbocycles. The molecule has 0 bridgehead atoms. The molecule has 3 unspecified atom stereocenters. The Morgan fingerprint density at radius 3 is 1.07 bits per heavy atom. The second-order valence-electron chi connectivity index (χ2n) is 23.5. The van der Waals surface area contributed by atoms with Gasteiger partial charge in [0.25, 0.3) is 0 Å². The number of phosphoric ester groups is 1. The van der Waals surface area contributed by atoms with Crippen LogP contribution in [0.15, 0.2) is 12.2 Å². The predicted octanol–water partition coefficient (Wildman–Crippen LogP) is 19.8. The van der Waals surface area contributed by atoms with Crippen molar-refractivity contribution in [2.24, 2.45) is 0 Å². The van der Waals surface area contributed by atoms with Gasteiger partial charge in [0.05, 0.1) is 39.9 Å². The van der Waals surface area contributed by atoms with Crippen molar-refractivity contribution in [1.82, 2.24) is 5.32 Å². The van der Waals surface area contributed by atoms with Crippen molar-refractivity contribution < 1.29 is 32.9 Å². The van der Waals surface area contributed by atoms with Crippen LogP contribution in [0.3, 0.4) is 0 Å². The third kappa shape index (κ3) is 57.0. The fraction of sp³-hybridized carbons (Fsp3) is 0.952. The lowest BCUT2D eigenvalue weighted by Crippen LogP contribution is -2.46. The Kier molecular flexibility index (Phi) is 54.4. The number of carbonyl (C=O) groups is 1. The number of rotatable bonds is 60. The highest BCUT2D eigenvalue weighted by atomic mass is 31.2. The lowest BCUT2D eigenvalue weighted by atomic mass is 10.0. The highest BCUT2D eigenvalue weighted by Gasteiger charge is 2.28. The molecule has 0 fully saturated rings. The van der Waals surface area contributed by atoms with Crippen LogP contribution < -0.4 is 5.32 Å². The van der Waals surface area contributed by atoms with Crippen LogP contribution in [-0.4, -0.2) is 73.4 Å². The molecule has 3 atom stereocenters. The summed E-state index contributed by atoms with van der Waals surface area (Å²) < 4.78 is 23.8. The molecule has 0 rings (SSSR count). The minimum atomic E-state index is -4.32. The number of likely N-dealkylation sites (N-methyl/N-ethyl adjacent to an activating group) is 1. The summed E-state index contributed by atoms with van der Waals surface area (Å²) >= 11 is 0. The summed E-state index contributed by atoms with van der Waals surface area (Å²) in [7, 11) is 1.63. The van der Waals surface area contributed by atoms with Gasteiger partial charge < -0.3 is 19.8 Å². The van der Waals surface area contributed by atoms with E-state index < -0.39 is 20.0 Å². The molecule has 0 aromatic rings. The van der Waals surface area contributed by atoms with Gasteiger partial charge in [0.15, 0.2) is 0 Å². The maximum atomic E-state index is 13.0. The Morgan fingerprint density at radius 1 is 0.458 bits per heavy atom. The van der Waals surface area contributed by atoms with Gasteiger partial charge in [0.1, 0.15) is 13.2 Å². The van der Waals surface area contributed by atoms with Crippen molar-refractivity contribution in [2.75, 3.05) is 40.9 Å². The van der Waals surface area contributed by atoms with Crippen LogP contribution in [0.25, 0.3) is 0 Å². The van der Waals surface area contributed by atoms with Crippen LogP contribution >= 0.6 is 7.82 Å². The minimum absolute atomic E-state index is 0.0779. The molecule has 0 aliphatic heterocycles. The number of hydrogen-bond acceptors (Lipinski definition) is 5. The molecule has 0 saturated carbocycles. The van der Waals surface area contributed by atoms with E-state index in [9.17, 15) is 19.4 Å². The molecule has 9 heteroatoms. The van der Waals surface area contributed by atoms with E-state index in [1.807, 2.05) is 21.1 Å². The number of aliphatic hydroxyl groups is 1. The monoisotopic (exact) mass is 1040 g/mol. The smallest absolute Gasteiger partial charge is 0.391 e. The van der Waals surface area contributed by atoms with Gasteiger partial charge in [0, 0.05) is 6.42 Å². The van der Waals surface area contributed by atoms with Gasteiger partial charge in [0.2, 0.25) is 5.91 Å². The van der Waals surface area contributed by atoms with Crippen LogP contribution in [0.2, 0.25) is 0 Å². The number of amides is 1. The van der Waals surface area contributed by atoms with Crippen molar-refractivity contribution in [2.45, 2.75) is 347 Å². The topological polar surface area (TPSA) is 105 Å². The molecular formula is C63H128N2O6P+. The second kappa shape index (κ2) is 55.0. The maximum Gasteiger partial charge on any atom is 0.472 e. The van der Waals surface area contributed by atoms with E-state index in [2.05, 4.69) is 31.3 Å². The Bertz CT molecular complexity index is 1180. The van der Waals surface area contributed by atoms with Crippen LogP contribution in [0.1, 0.15) is 335 Å². The van der Waals surface area contributed by atoms with Gasteiger partial charge >= 0.3 is 7.82 Å². The molecule has 3 N–H and O–H groups in total. The lowest BCUT2D eigenvalue weighted by Gasteiger charge is -2.26. The van der Waals surface area contributed by atoms with Gasteiger partial charge in [-0.15, -0.1) is 0 Å². The molecule has 1 amide bonds. The number of carbonyl (C=O) groups excluding carboxylic acids is 1. The predicted molar refractivity (Wildman–Crippen MR) is 314 cm³/mol. The normalized spacial score (nSPS) is 13.8. The molecule has 0 radical (unpaired) electrons. The van der Waals surface area contributed by atoms with Gasteiger partial charge in [-0.05, 0) is 38.5 Å². The van der Waals surface area contributed by atoms with Gasteiger partial charge in [-0.2, -0.15) is 0 Å². The van der Waals surface area contributed by atoms with Crippen LogP contribution in [0.5, 0.6) is 0 Å². The Balaban J connectivity index is 4.02. The van der Waals surface area contributed by atoms with Gasteiger partial charge in [-0.3, -0.25) is 13.8 Å². The number of hydrogen-bond donors (Lipinski definition) is 3. The zero-order valence-corrected chi connectivity index (χ0v) is 50.1. The summed E-state index contributed by atoms with van der Waals surface area (Å²) in [5, 5.41) is 14.1. The summed E-state index contributed by atoms with van der Waals surface area (Å²) in [6, 6.07) is -0.758. The molecule has 0 aliphatic carbocycles. The molecule has 0 saturated heterocycles. The first-order valence-electron chi connectivity index (χ1n) is 32.1. The Labute approximate surface area is 450 Å². The third-order valence-electron chi connectivity index (χ3n) is 15.0. The van der Waals surface area contributed by atoms with E-state index in [1.165, 1.54) is 270 Å². The van der Waals surface area contributed by atoms with E-state index >= 15 is 0 Å². The van der Waals surface area contributed by atoms with Gasteiger partial charge in [-0.1, -0.05) is 302 Å². The molecule has 72 heavy (non-hydrogen) atoms. The maximum absolute atomic E-state index is 13.0. The average Bonchev–Trinajstić information content (AvgIpc) is 3.34. The van der Waals surface area contributed by atoms with E-state index in [0.29, 0.717) is 23.9 Å². The molecule has 0 aliphatic rings. The molecule has 0 spiro atoms. The third-order valence-corrected chi connectivity index (χ3v) is 16.0. The molecule has 0 heterocycles. The summed E-state index contributed by atoms with van der Waals surface area (Å²) in [5.74, 6) is -0.137. The number of unbranched alkanes of at least 4 members (excludes halogenated alkanes) is 45. The van der Waals surface area contributed by atoms with Crippen LogP contribution in [0.4, 0.5) is 0 Å². The SMILES string of the molecule is CCCCCCCCCCCCCC/C=C\CCCCCCCCCCCCCCCCCC(=O)NC(COP(=O)(O)OCC[N+](C)(C)C)C(O)CCCCCCCCCCCCCCCCCCCCC. The highest BCUT2D eigenvalue weighted by Crippen LogP contribution is 2.43. The molecule has 430 valence electrons. The summed E-state index contributed by atoms with van der Waals surface area (Å²) in [4.78, 5) is 23.4. The van der Waals surface area contributed by atoms with Crippen LogP contribution in [-0.2, 0) is 18.4 Å². The fourth-order valence-corrected chi connectivity index (χ4v) is 10.7. The quantitative estimate of drug-likeness (QED) is 0.0243. The zero-order chi connectivity index (χ0) is 52.7.